The first-order valence-corrected chi connectivity index (χ1v) is 8.33. The number of nitrogens with one attached hydrogen (secondary N) is 1. The molecular weight excluding hydrogens is 346 g/mol. The van der Waals surface area contributed by atoms with Gasteiger partial charge in [-0.05, 0) is 42.8 Å². The molecule has 0 spiro atoms. The first kappa shape index (κ1) is 16.8. The minimum absolute atomic E-state index is 0.282. The van der Waals surface area contributed by atoms with Crippen molar-refractivity contribution in [2.75, 3.05) is 12.4 Å². The van der Waals surface area contributed by atoms with Gasteiger partial charge in [-0.1, -0.05) is 22.5 Å². The molecule has 0 saturated carbocycles. The molecule has 2 aromatic carbocycles. The number of aryl methyl sites for hydroxylation is 1. The van der Waals surface area contributed by atoms with Gasteiger partial charge in [0.05, 0.1) is 19.2 Å². The topological polar surface area (TPSA) is 95.1 Å². The number of carbonyl (C=O) groups excluding carboxylic acids is 1. The molecule has 0 radical (unpaired) electrons. The van der Waals surface area contributed by atoms with Crippen molar-refractivity contribution in [3.8, 4) is 5.75 Å². The van der Waals surface area contributed by atoms with Crippen LogP contribution in [0.25, 0.3) is 11.0 Å². The van der Waals surface area contributed by atoms with E-state index < -0.39 is 0 Å². The molecule has 2 heterocycles. The van der Waals surface area contributed by atoms with Crippen LogP contribution >= 0.6 is 0 Å². The van der Waals surface area contributed by atoms with E-state index in [4.69, 9.17) is 9.26 Å². The molecule has 8 nitrogen and oxygen atoms in total. The van der Waals surface area contributed by atoms with Gasteiger partial charge in [0, 0.05) is 11.6 Å². The summed E-state index contributed by atoms with van der Waals surface area (Å²) in [5.41, 5.74) is 3.04. The molecule has 1 amide bonds. The Morgan fingerprint density at radius 1 is 1.19 bits per heavy atom. The van der Waals surface area contributed by atoms with Gasteiger partial charge in [-0.15, -0.1) is 5.10 Å². The van der Waals surface area contributed by atoms with E-state index in [0.29, 0.717) is 29.2 Å². The lowest BCUT2D eigenvalue weighted by Gasteiger charge is -2.05. The maximum atomic E-state index is 12.4. The summed E-state index contributed by atoms with van der Waals surface area (Å²) in [7, 11) is 1.64. The normalized spacial score (nSPS) is 10.9. The highest BCUT2D eigenvalue weighted by molar-refractivity contribution is 6.05. The lowest BCUT2D eigenvalue weighted by Crippen LogP contribution is -2.12. The van der Waals surface area contributed by atoms with E-state index in [-0.39, 0.29) is 5.91 Å². The van der Waals surface area contributed by atoms with Crippen LogP contribution < -0.4 is 10.1 Å². The lowest BCUT2D eigenvalue weighted by atomic mass is 10.1. The van der Waals surface area contributed by atoms with Crippen LogP contribution in [0.3, 0.4) is 0 Å². The molecule has 0 bridgehead atoms. The summed E-state index contributed by atoms with van der Waals surface area (Å²) in [5.74, 6) is 1.53. The number of rotatable bonds is 5. The average molecular weight is 363 g/mol. The zero-order chi connectivity index (χ0) is 18.8. The fraction of sp³-hybridized carbons (Fsp3) is 0.158. The third kappa shape index (κ3) is 3.50. The number of methoxy groups -OCH3 is 1. The van der Waals surface area contributed by atoms with Gasteiger partial charge in [0.25, 0.3) is 5.91 Å². The van der Waals surface area contributed by atoms with Crippen LogP contribution in [0.4, 0.5) is 5.82 Å². The van der Waals surface area contributed by atoms with Gasteiger partial charge in [-0.25, -0.2) is 4.68 Å². The molecule has 27 heavy (non-hydrogen) atoms. The molecule has 4 rings (SSSR count). The van der Waals surface area contributed by atoms with Crippen molar-refractivity contribution in [1.82, 2.24) is 20.2 Å². The standard InChI is InChI=1S/C19H17N5O3/c1-12-9-18(22-27-12)20-19(25)14-5-8-17-16(10-14)21-23-24(17)11-13-3-6-15(26-2)7-4-13/h3-10H,11H2,1-2H3,(H,20,22,25). The Labute approximate surface area is 154 Å². The molecule has 0 fully saturated rings. The van der Waals surface area contributed by atoms with Crippen molar-refractivity contribution >= 4 is 22.8 Å². The molecular formula is C19H17N5O3. The molecule has 1 N–H and O–H groups in total. The first-order chi connectivity index (χ1) is 13.1. The second-order valence-electron chi connectivity index (χ2n) is 6.08. The molecule has 0 aliphatic rings. The maximum Gasteiger partial charge on any atom is 0.256 e. The van der Waals surface area contributed by atoms with Crippen molar-refractivity contribution < 1.29 is 14.1 Å². The quantitative estimate of drug-likeness (QED) is 0.586. The van der Waals surface area contributed by atoms with E-state index in [1.165, 1.54) is 0 Å². The third-order valence-corrected chi connectivity index (χ3v) is 4.14. The summed E-state index contributed by atoms with van der Waals surface area (Å²) in [6.07, 6.45) is 0. The molecule has 136 valence electrons. The molecule has 4 aromatic rings. The largest absolute Gasteiger partial charge is 0.497 e. The maximum absolute atomic E-state index is 12.4. The van der Waals surface area contributed by atoms with E-state index in [1.54, 1.807) is 36.9 Å². The summed E-state index contributed by atoms with van der Waals surface area (Å²) in [5, 5.41) is 14.8. The number of carbonyl (C=O) groups is 1. The summed E-state index contributed by atoms with van der Waals surface area (Å²) in [6.45, 7) is 2.33. The van der Waals surface area contributed by atoms with Crippen LogP contribution in [0.1, 0.15) is 21.7 Å². The van der Waals surface area contributed by atoms with Crippen molar-refractivity contribution in [1.29, 1.82) is 0 Å². The molecule has 0 aliphatic carbocycles. The predicted octanol–water partition coefficient (Wildman–Crippen LogP) is 3.04. The van der Waals surface area contributed by atoms with Crippen LogP contribution in [0.2, 0.25) is 0 Å². The lowest BCUT2D eigenvalue weighted by molar-refractivity contribution is 0.102. The fourth-order valence-corrected chi connectivity index (χ4v) is 2.75. The highest BCUT2D eigenvalue weighted by atomic mass is 16.5. The van der Waals surface area contributed by atoms with Crippen molar-refractivity contribution in [2.24, 2.45) is 0 Å². The molecule has 0 aliphatic heterocycles. The minimum atomic E-state index is -0.282. The van der Waals surface area contributed by atoms with E-state index in [1.807, 2.05) is 30.3 Å². The fourth-order valence-electron chi connectivity index (χ4n) is 2.75. The van der Waals surface area contributed by atoms with E-state index in [0.717, 1.165) is 16.8 Å². The van der Waals surface area contributed by atoms with Crippen LogP contribution in [-0.2, 0) is 6.54 Å². The predicted molar refractivity (Wildman–Crippen MR) is 98.8 cm³/mol. The van der Waals surface area contributed by atoms with Crippen LogP contribution in [0, 0.1) is 6.92 Å². The Balaban J connectivity index is 1.54. The SMILES string of the molecule is COc1ccc(Cn2nnc3cc(C(=O)Nc4cc(C)on4)ccc32)cc1. The number of fused-ring (bicyclic) bond motifs is 1. The third-order valence-electron chi connectivity index (χ3n) is 4.14. The Morgan fingerprint density at radius 3 is 2.70 bits per heavy atom. The highest BCUT2D eigenvalue weighted by Crippen LogP contribution is 2.18. The number of ether oxygens (including phenoxy) is 1. The number of anilines is 1. The molecule has 0 unspecified atom stereocenters. The van der Waals surface area contributed by atoms with Crippen molar-refractivity contribution in [2.45, 2.75) is 13.5 Å². The van der Waals surface area contributed by atoms with Gasteiger partial charge < -0.3 is 14.6 Å². The molecule has 2 aromatic heterocycles. The Kier molecular flexibility index (Phi) is 4.29. The zero-order valence-electron chi connectivity index (χ0n) is 14.8. The average Bonchev–Trinajstić information content (AvgIpc) is 3.28. The first-order valence-electron chi connectivity index (χ1n) is 8.33. The monoisotopic (exact) mass is 363 g/mol. The molecule has 8 heteroatoms. The van der Waals surface area contributed by atoms with Crippen molar-refractivity contribution in [3.63, 3.8) is 0 Å². The summed E-state index contributed by atoms with van der Waals surface area (Å²) in [6, 6.07) is 14.7. The van der Waals surface area contributed by atoms with E-state index in [9.17, 15) is 4.79 Å². The van der Waals surface area contributed by atoms with E-state index in [2.05, 4.69) is 20.8 Å². The number of aromatic nitrogens is 4. The second kappa shape index (κ2) is 6.91. The van der Waals surface area contributed by atoms with Crippen LogP contribution in [-0.4, -0.2) is 33.2 Å². The number of hydrogen-bond donors (Lipinski definition) is 1. The zero-order valence-corrected chi connectivity index (χ0v) is 14.8. The smallest absolute Gasteiger partial charge is 0.256 e. The number of nitrogens with zero attached hydrogens (tertiary/aromatic N) is 4. The van der Waals surface area contributed by atoms with Gasteiger partial charge in [0.2, 0.25) is 0 Å². The van der Waals surface area contributed by atoms with Gasteiger partial charge in [0.15, 0.2) is 5.82 Å². The minimum Gasteiger partial charge on any atom is -0.497 e. The van der Waals surface area contributed by atoms with Gasteiger partial charge in [-0.3, -0.25) is 4.79 Å². The van der Waals surface area contributed by atoms with Gasteiger partial charge in [-0.2, -0.15) is 0 Å². The summed E-state index contributed by atoms with van der Waals surface area (Å²) < 4.78 is 11.9. The molecule has 0 saturated heterocycles. The van der Waals surface area contributed by atoms with E-state index >= 15 is 0 Å². The highest BCUT2D eigenvalue weighted by Gasteiger charge is 2.12. The van der Waals surface area contributed by atoms with Crippen LogP contribution in [0.15, 0.2) is 53.1 Å². The van der Waals surface area contributed by atoms with Gasteiger partial charge in [0.1, 0.15) is 17.0 Å². The second-order valence-corrected chi connectivity index (χ2v) is 6.08. The van der Waals surface area contributed by atoms with Crippen LogP contribution in [0.5, 0.6) is 5.75 Å². The Morgan fingerprint density at radius 2 is 2.00 bits per heavy atom. The number of benzene rings is 2. The summed E-state index contributed by atoms with van der Waals surface area (Å²) in [4.78, 5) is 12.4. The van der Waals surface area contributed by atoms with Crippen molar-refractivity contribution in [3.05, 3.63) is 65.4 Å². The Bertz CT molecular complexity index is 1100. The summed E-state index contributed by atoms with van der Waals surface area (Å²) >= 11 is 0. The Hall–Kier alpha value is -3.68. The molecule has 0 atom stereocenters. The number of amides is 1. The van der Waals surface area contributed by atoms with Gasteiger partial charge >= 0.3 is 0 Å². The number of hydrogen-bond acceptors (Lipinski definition) is 6.